The van der Waals surface area contributed by atoms with Gasteiger partial charge in [0.05, 0.1) is 29.9 Å². The molecule has 0 aliphatic heterocycles. The molecule has 1 amide bonds. The van der Waals surface area contributed by atoms with Gasteiger partial charge in [0.15, 0.2) is 0 Å². The molecule has 2 aromatic carbocycles. The maximum Gasteiger partial charge on any atom is 0.243 e. The lowest BCUT2D eigenvalue weighted by Crippen LogP contribution is -2.38. The molecule has 0 unspecified atom stereocenters. The highest BCUT2D eigenvalue weighted by atomic mass is 79.9. The molecule has 3 rings (SSSR count). The van der Waals surface area contributed by atoms with Crippen LogP contribution in [-0.2, 0) is 20.2 Å². The van der Waals surface area contributed by atoms with E-state index in [4.69, 9.17) is 9.84 Å². The molecule has 0 saturated carbocycles. The molecule has 0 saturated heterocycles. The Morgan fingerprint density at radius 2 is 1.75 bits per heavy atom. The topological polar surface area (TPSA) is 93.5 Å². The molecule has 1 N–H and O–H groups in total. The Labute approximate surface area is 221 Å². The monoisotopic (exact) mass is 576 g/mol. The predicted octanol–water partition coefficient (Wildman–Crippen LogP) is 5.37. The third-order valence-corrected chi connectivity index (χ3v) is 7.98. The van der Waals surface area contributed by atoms with Crippen LogP contribution in [0.2, 0.25) is 0 Å². The van der Waals surface area contributed by atoms with Crippen molar-refractivity contribution in [2.45, 2.75) is 50.8 Å². The van der Waals surface area contributed by atoms with Crippen LogP contribution in [0.4, 0.5) is 5.82 Å². The van der Waals surface area contributed by atoms with Crippen molar-refractivity contribution < 1.29 is 17.9 Å². The largest absolute Gasteiger partial charge is 0.497 e. The van der Waals surface area contributed by atoms with Crippen molar-refractivity contribution in [1.29, 1.82) is 0 Å². The molecular weight excluding hydrogens is 544 g/mol. The molecule has 8 nitrogen and oxygen atoms in total. The number of amides is 1. The second kappa shape index (κ2) is 11.6. The molecule has 1 aromatic heterocycles. The van der Waals surface area contributed by atoms with Crippen molar-refractivity contribution in [2.75, 3.05) is 25.5 Å². The fourth-order valence-electron chi connectivity index (χ4n) is 3.47. The molecule has 36 heavy (non-hydrogen) atoms. The van der Waals surface area contributed by atoms with Crippen LogP contribution in [0.5, 0.6) is 5.75 Å². The lowest BCUT2D eigenvalue weighted by molar-refractivity contribution is -0.116. The quantitative estimate of drug-likeness (QED) is 0.350. The first kappa shape index (κ1) is 27.9. The summed E-state index contributed by atoms with van der Waals surface area (Å²) in [5.74, 6) is 0.728. The minimum absolute atomic E-state index is 0.146. The zero-order valence-corrected chi connectivity index (χ0v) is 23.7. The number of unbranched alkanes of at least 4 members (excludes halogenated alkanes) is 1. The van der Waals surface area contributed by atoms with Gasteiger partial charge in [-0.2, -0.15) is 9.40 Å². The highest BCUT2D eigenvalue weighted by molar-refractivity contribution is 9.10. The lowest BCUT2D eigenvalue weighted by Gasteiger charge is -2.22. The number of hydrogen-bond acceptors (Lipinski definition) is 5. The first-order valence-electron chi connectivity index (χ1n) is 11.8. The molecule has 194 valence electrons. The fourth-order valence-corrected chi connectivity index (χ4v) is 5.17. The van der Waals surface area contributed by atoms with E-state index in [2.05, 4.69) is 21.2 Å². The molecular formula is C26H33BrN4O4S. The van der Waals surface area contributed by atoms with Crippen LogP contribution >= 0.6 is 15.9 Å². The SMILES string of the molecule is CCCCN(CC(=O)Nc1cc(C(C)(C)C)nn1-c1ccc(OC)cc1)S(=O)(=O)c1ccc(Br)cc1. The van der Waals surface area contributed by atoms with Gasteiger partial charge in [0.25, 0.3) is 0 Å². The average Bonchev–Trinajstić information content (AvgIpc) is 3.26. The minimum Gasteiger partial charge on any atom is -0.497 e. The lowest BCUT2D eigenvalue weighted by atomic mass is 9.92. The van der Waals surface area contributed by atoms with E-state index in [0.29, 0.717) is 18.0 Å². The summed E-state index contributed by atoms with van der Waals surface area (Å²) in [5.41, 5.74) is 1.28. The number of ether oxygens (including phenoxy) is 1. The van der Waals surface area contributed by atoms with Gasteiger partial charge in [0.2, 0.25) is 15.9 Å². The number of benzene rings is 2. The van der Waals surface area contributed by atoms with Crippen molar-refractivity contribution in [3.63, 3.8) is 0 Å². The van der Waals surface area contributed by atoms with Crippen molar-refractivity contribution in [2.24, 2.45) is 0 Å². The molecule has 0 atom stereocenters. The standard InChI is InChI=1S/C26H33BrN4O4S/c1-6-7-16-30(36(33,34)22-14-8-19(27)9-15-22)18-25(32)28-24-17-23(26(2,3)4)29-31(24)20-10-12-21(35-5)13-11-20/h8-15,17H,6-7,16,18H2,1-5H3,(H,28,32). The highest BCUT2D eigenvalue weighted by Gasteiger charge is 2.27. The molecule has 0 radical (unpaired) electrons. The summed E-state index contributed by atoms with van der Waals surface area (Å²) >= 11 is 3.33. The Bertz CT molecular complexity index is 1280. The Morgan fingerprint density at radius 3 is 2.31 bits per heavy atom. The number of nitrogens with one attached hydrogen (secondary N) is 1. The van der Waals surface area contributed by atoms with Gasteiger partial charge in [0.1, 0.15) is 11.6 Å². The Hall–Kier alpha value is -2.69. The maximum absolute atomic E-state index is 13.3. The minimum atomic E-state index is -3.85. The van der Waals surface area contributed by atoms with Crippen LogP contribution in [0.25, 0.3) is 5.69 Å². The number of carbonyl (C=O) groups excluding carboxylic acids is 1. The van der Waals surface area contributed by atoms with Gasteiger partial charge >= 0.3 is 0 Å². The number of halogens is 1. The third kappa shape index (κ3) is 6.74. The van der Waals surface area contributed by atoms with E-state index in [0.717, 1.165) is 22.3 Å². The summed E-state index contributed by atoms with van der Waals surface area (Å²) in [7, 11) is -2.25. The summed E-state index contributed by atoms with van der Waals surface area (Å²) in [6.45, 7) is 8.03. The molecule has 0 fully saturated rings. The number of rotatable bonds is 10. The first-order chi connectivity index (χ1) is 17.0. The number of nitrogens with zero attached hydrogens (tertiary/aromatic N) is 3. The van der Waals surface area contributed by atoms with Gasteiger partial charge in [-0.3, -0.25) is 4.79 Å². The van der Waals surface area contributed by atoms with E-state index in [-0.39, 0.29) is 23.4 Å². The summed E-state index contributed by atoms with van der Waals surface area (Å²) < 4.78 is 35.6. The van der Waals surface area contributed by atoms with E-state index < -0.39 is 15.9 Å². The summed E-state index contributed by atoms with van der Waals surface area (Å²) in [6.07, 6.45) is 1.44. The summed E-state index contributed by atoms with van der Waals surface area (Å²) in [5, 5.41) is 7.60. The van der Waals surface area contributed by atoms with Gasteiger partial charge in [-0.25, -0.2) is 13.1 Å². The van der Waals surface area contributed by atoms with E-state index >= 15 is 0 Å². The number of carbonyl (C=O) groups is 1. The second-order valence-electron chi connectivity index (χ2n) is 9.47. The summed E-state index contributed by atoms with van der Waals surface area (Å²) in [6, 6.07) is 15.6. The van der Waals surface area contributed by atoms with Crippen LogP contribution in [0, 0.1) is 0 Å². The van der Waals surface area contributed by atoms with Gasteiger partial charge in [-0.05, 0) is 55.0 Å². The molecule has 0 aliphatic carbocycles. The van der Waals surface area contributed by atoms with Crippen LogP contribution in [0.1, 0.15) is 46.2 Å². The zero-order chi connectivity index (χ0) is 26.5. The highest BCUT2D eigenvalue weighted by Crippen LogP contribution is 2.27. The van der Waals surface area contributed by atoms with E-state index in [1.54, 1.807) is 23.9 Å². The Balaban J connectivity index is 1.90. The van der Waals surface area contributed by atoms with Crippen LogP contribution in [-0.4, -0.2) is 48.6 Å². The van der Waals surface area contributed by atoms with Gasteiger partial charge in [-0.1, -0.05) is 50.0 Å². The smallest absolute Gasteiger partial charge is 0.243 e. The molecule has 3 aromatic rings. The van der Waals surface area contributed by atoms with Crippen LogP contribution in [0.15, 0.2) is 64.0 Å². The van der Waals surface area contributed by atoms with Crippen molar-refractivity contribution >= 4 is 37.7 Å². The van der Waals surface area contributed by atoms with E-state index in [1.807, 2.05) is 58.0 Å². The van der Waals surface area contributed by atoms with E-state index in [9.17, 15) is 13.2 Å². The Morgan fingerprint density at radius 1 is 1.11 bits per heavy atom. The molecule has 0 bridgehead atoms. The van der Waals surface area contributed by atoms with E-state index in [1.165, 1.54) is 16.4 Å². The normalized spacial score (nSPS) is 12.1. The second-order valence-corrected chi connectivity index (χ2v) is 12.3. The Kier molecular flexibility index (Phi) is 8.97. The number of anilines is 1. The van der Waals surface area contributed by atoms with Crippen molar-refractivity contribution in [3.05, 3.63) is 64.8 Å². The number of sulfonamides is 1. The van der Waals surface area contributed by atoms with Crippen molar-refractivity contribution in [3.8, 4) is 11.4 Å². The van der Waals surface area contributed by atoms with Crippen LogP contribution < -0.4 is 10.1 Å². The van der Waals surface area contributed by atoms with Gasteiger partial charge < -0.3 is 10.1 Å². The van der Waals surface area contributed by atoms with Crippen LogP contribution in [0.3, 0.4) is 0 Å². The molecule has 0 aliphatic rings. The van der Waals surface area contributed by atoms with Gasteiger partial charge in [-0.15, -0.1) is 0 Å². The molecule has 1 heterocycles. The fraction of sp³-hybridized carbons (Fsp3) is 0.385. The predicted molar refractivity (Wildman–Crippen MR) is 145 cm³/mol. The summed E-state index contributed by atoms with van der Waals surface area (Å²) in [4.78, 5) is 13.3. The molecule has 10 heteroatoms. The van der Waals surface area contributed by atoms with Crippen molar-refractivity contribution in [1.82, 2.24) is 14.1 Å². The maximum atomic E-state index is 13.3. The number of aromatic nitrogens is 2. The average molecular weight is 578 g/mol. The number of hydrogen-bond donors (Lipinski definition) is 1. The first-order valence-corrected chi connectivity index (χ1v) is 14.0. The van der Waals surface area contributed by atoms with Gasteiger partial charge in [0, 0.05) is 22.5 Å². The zero-order valence-electron chi connectivity index (χ0n) is 21.3. The molecule has 0 spiro atoms. The number of methoxy groups -OCH3 is 1. The third-order valence-electron chi connectivity index (χ3n) is 5.59.